The Morgan fingerprint density at radius 2 is 1.51 bits per heavy atom. The molecule has 6 aromatic carbocycles. The molecule has 0 atom stereocenters. The first-order valence-electron chi connectivity index (χ1n) is 23.3. The van der Waals surface area contributed by atoms with Gasteiger partial charge in [0.2, 0.25) is 0 Å². The van der Waals surface area contributed by atoms with E-state index in [2.05, 4.69) is 46.4 Å². The van der Waals surface area contributed by atoms with Crippen molar-refractivity contribution in [3.05, 3.63) is 168 Å². The first kappa shape index (κ1) is 25.6. The zero-order valence-corrected chi connectivity index (χ0v) is 32.5. The molecule has 3 aromatic heterocycles. The van der Waals surface area contributed by atoms with E-state index in [1.165, 1.54) is 48.8 Å². The standard InChI is InChI=1S/C38H32NO.C12H9FN.Ir/c1-23-19-25(21-38(3,4)5)13-15-27(23)34-20-35(39-22-24(34)2)33-12-8-11-30-32-18-17-29-28-10-7-6-9-26(28)14-16-31(29)36(32)40-37(30)33;1-9-2-7-12(14-8-9)10-3-5-11(13)6-4-10;/h6-11,13-20,22H,21H2,1-5H3;2-3,5-8H,1H3;/q2*-1;/i1D3,2D3,15D,21D2;1D3;. The Balaban J connectivity index is 0.000000312. The van der Waals surface area contributed by atoms with Gasteiger partial charge in [0.15, 0.2) is 0 Å². The minimum atomic E-state index is -2.79. The van der Waals surface area contributed by atoms with Crippen molar-refractivity contribution >= 4 is 43.5 Å². The van der Waals surface area contributed by atoms with Crippen LogP contribution in [0.3, 0.4) is 0 Å². The minimum absolute atomic E-state index is 0. The Morgan fingerprint density at radius 1 is 0.727 bits per heavy atom. The number of furan rings is 1. The Labute approximate surface area is 352 Å². The average Bonchev–Trinajstić information content (AvgIpc) is 3.64. The number of benzene rings is 6. The number of aryl methyl sites for hydroxylation is 3. The molecular weight excluding hydrogens is 856 g/mol. The fraction of sp³-hybridized carbons (Fsp3) is 0.160. The summed E-state index contributed by atoms with van der Waals surface area (Å²) in [5.41, 5.74) is 1.74. The van der Waals surface area contributed by atoms with Crippen LogP contribution >= 0.6 is 0 Å². The molecule has 5 heteroatoms. The SMILES string of the molecule is [2H]C([2H])([2H])c1ccc(-c2[c-]cc(F)cc2)nc1.[2H]c1cc(C([2H])([2H])C(C)(C)C)cc(C([2H])([2H])[2H])c1-c1cc(-c2[c-]ccc3c2oc2c3ccc3c4ccccc4ccc32)ncc1C([2H])([2H])[2H].[Ir]. The van der Waals surface area contributed by atoms with E-state index in [4.69, 9.17) is 20.9 Å². The number of hydrogen-bond acceptors (Lipinski definition) is 3. The van der Waals surface area contributed by atoms with Crippen LogP contribution in [-0.4, -0.2) is 9.97 Å². The molecular formula is C50H41FIrN2O-2. The molecule has 0 saturated heterocycles. The topological polar surface area (TPSA) is 38.9 Å². The summed E-state index contributed by atoms with van der Waals surface area (Å²) < 4.78 is 118. The van der Waals surface area contributed by atoms with Gasteiger partial charge < -0.3 is 14.4 Å². The number of aromatic nitrogens is 2. The number of rotatable bonds is 4. The summed E-state index contributed by atoms with van der Waals surface area (Å²) in [6, 6.07) is 36.7. The minimum Gasteiger partial charge on any atom is -0.500 e. The summed E-state index contributed by atoms with van der Waals surface area (Å²) in [5.74, 6) is -0.368. The molecule has 55 heavy (non-hydrogen) atoms. The Hall–Kier alpha value is -5.48. The third-order valence-electron chi connectivity index (χ3n) is 9.02. The predicted octanol–water partition coefficient (Wildman–Crippen LogP) is 13.6. The molecule has 0 aliphatic rings. The van der Waals surface area contributed by atoms with Crippen LogP contribution in [0.15, 0.2) is 132 Å². The second kappa shape index (κ2) is 15.3. The first-order chi connectivity index (χ1) is 30.8. The Morgan fingerprint density at radius 3 is 2.27 bits per heavy atom. The van der Waals surface area contributed by atoms with Crippen molar-refractivity contribution in [3.63, 3.8) is 0 Å². The molecule has 9 rings (SSSR count). The number of fused-ring (bicyclic) bond motifs is 7. The molecule has 0 amide bonds. The summed E-state index contributed by atoms with van der Waals surface area (Å²) in [5, 5.41) is 5.87. The van der Waals surface area contributed by atoms with Gasteiger partial charge in [-0.25, -0.2) is 0 Å². The van der Waals surface area contributed by atoms with Gasteiger partial charge in [0.1, 0.15) is 5.58 Å². The van der Waals surface area contributed by atoms with E-state index in [0.29, 0.717) is 28.0 Å². The van der Waals surface area contributed by atoms with Gasteiger partial charge in [0, 0.05) is 64.2 Å². The Bertz CT molecular complexity index is 3300. The van der Waals surface area contributed by atoms with Crippen molar-refractivity contribution in [2.75, 3.05) is 0 Å². The summed E-state index contributed by atoms with van der Waals surface area (Å²) in [6.07, 6.45) is 0.513. The molecule has 0 bridgehead atoms. The molecule has 275 valence electrons. The maximum atomic E-state index is 12.7. The maximum absolute atomic E-state index is 12.7. The van der Waals surface area contributed by atoms with Crippen LogP contribution in [0.5, 0.6) is 0 Å². The normalized spacial score (nSPS) is 15.6. The summed E-state index contributed by atoms with van der Waals surface area (Å²) in [6.45, 7) is -2.56. The fourth-order valence-corrected chi connectivity index (χ4v) is 6.62. The van der Waals surface area contributed by atoms with E-state index in [1.807, 2.05) is 30.3 Å². The van der Waals surface area contributed by atoms with Crippen LogP contribution in [0, 0.1) is 43.9 Å². The van der Waals surface area contributed by atoms with E-state index in [9.17, 15) is 4.39 Å². The average molecular weight is 909 g/mol. The van der Waals surface area contributed by atoms with Gasteiger partial charge in [-0.05, 0) is 93.3 Å². The van der Waals surface area contributed by atoms with Crippen molar-refractivity contribution in [3.8, 4) is 33.6 Å². The quantitative estimate of drug-likeness (QED) is 0.130. The van der Waals surface area contributed by atoms with E-state index >= 15 is 0 Å². The predicted molar refractivity (Wildman–Crippen MR) is 222 cm³/mol. The van der Waals surface area contributed by atoms with Gasteiger partial charge in [-0.15, -0.1) is 48.0 Å². The van der Waals surface area contributed by atoms with Crippen molar-refractivity contribution < 1.29 is 45.4 Å². The van der Waals surface area contributed by atoms with Gasteiger partial charge in [0.05, 0.1) is 6.95 Å². The number of pyridine rings is 2. The van der Waals surface area contributed by atoms with Gasteiger partial charge in [-0.2, -0.15) is 0 Å². The second-order valence-electron chi connectivity index (χ2n) is 14.0. The largest absolute Gasteiger partial charge is 0.500 e. The van der Waals surface area contributed by atoms with Crippen LogP contribution < -0.4 is 0 Å². The van der Waals surface area contributed by atoms with Gasteiger partial charge >= 0.3 is 0 Å². The summed E-state index contributed by atoms with van der Waals surface area (Å²) in [7, 11) is 0. The molecule has 0 unspecified atom stereocenters. The van der Waals surface area contributed by atoms with Crippen molar-refractivity contribution in [1.82, 2.24) is 9.97 Å². The van der Waals surface area contributed by atoms with Crippen LogP contribution in [0.2, 0.25) is 0 Å². The van der Waals surface area contributed by atoms with Gasteiger partial charge in [0.25, 0.3) is 0 Å². The van der Waals surface area contributed by atoms with Crippen molar-refractivity contribution in [2.24, 2.45) is 5.41 Å². The Kier molecular flexibility index (Phi) is 7.13. The summed E-state index contributed by atoms with van der Waals surface area (Å²) >= 11 is 0. The van der Waals surface area contributed by atoms with Crippen LogP contribution in [0.4, 0.5) is 4.39 Å². The third-order valence-corrected chi connectivity index (χ3v) is 9.02. The van der Waals surface area contributed by atoms with Crippen LogP contribution in [0.25, 0.3) is 77.1 Å². The molecule has 0 aliphatic carbocycles. The van der Waals surface area contributed by atoms with E-state index in [-0.39, 0.29) is 71.0 Å². The second-order valence-corrected chi connectivity index (χ2v) is 14.0. The molecule has 9 aromatic rings. The summed E-state index contributed by atoms with van der Waals surface area (Å²) in [4.78, 5) is 8.55. The van der Waals surface area contributed by atoms with Gasteiger partial charge in [-0.3, -0.25) is 4.39 Å². The molecule has 0 aliphatic heterocycles. The van der Waals surface area contributed by atoms with E-state index < -0.39 is 32.3 Å². The first-order valence-corrected chi connectivity index (χ1v) is 17.3. The molecule has 0 saturated carbocycles. The zero-order valence-electron chi connectivity index (χ0n) is 42.1. The number of nitrogens with zero attached hydrogens (tertiary/aromatic N) is 2. The smallest absolute Gasteiger partial charge is 0.128 e. The fourth-order valence-electron chi connectivity index (χ4n) is 6.62. The molecule has 0 N–H and O–H groups in total. The van der Waals surface area contributed by atoms with E-state index in [0.717, 1.165) is 32.3 Å². The molecule has 0 fully saturated rings. The molecule has 3 nitrogen and oxygen atoms in total. The van der Waals surface area contributed by atoms with E-state index in [1.54, 1.807) is 39.0 Å². The van der Waals surface area contributed by atoms with Crippen molar-refractivity contribution in [2.45, 2.75) is 47.7 Å². The monoisotopic (exact) mass is 909 g/mol. The number of halogens is 1. The zero-order chi connectivity index (χ0) is 47.7. The third kappa shape index (κ3) is 7.73. The van der Waals surface area contributed by atoms with Crippen molar-refractivity contribution in [1.29, 1.82) is 0 Å². The molecule has 0 spiro atoms. The van der Waals surface area contributed by atoms with Crippen LogP contribution in [-0.2, 0) is 26.5 Å². The maximum Gasteiger partial charge on any atom is 0.128 e. The number of hydrogen-bond donors (Lipinski definition) is 0. The van der Waals surface area contributed by atoms with Gasteiger partial charge in [-0.1, -0.05) is 117 Å². The van der Waals surface area contributed by atoms with Crippen LogP contribution in [0.1, 0.15) is 59.5 Å². The molecule has 1 radical (unpaired) electrons. The molecule has 3 heterocycles.